The van der Waals surface area contributed by atoms with Crippen LogP contribution < -0.4 is 21.7 Å². The fourth-order valence-electron chi connectivity index (χ4n) is 2.12. The number of nitrogen functional groups attached to an aromatic ring is 1. The van der Waals surface area contributed by atoms with E-state index < -0.39 is 11.7 Å². The Hall–Kier alpha value is -2.44. The third-order valence-electron chi connectivity index (χ3n) is 3.07. The Bertz CT molecular complexity index is 593. The summed E-state index contributed by atoms with van der Waals surface area (Å²) in [6, 6.07) is 3.53. The lowest BCUT2D eigenvalue weighted by Gasteiger charge is -2.19. The van der Waals surface area contributed by atoms with Gasteiger partial charge in [-0.3, -0.25) is 4.79 Å². The highest BCUT2D eigenvalue weighted by Gasteiger charge is 2.20. The number of hydrogen-bond donors (Lipinski definition) is 4. The van der Waals surface area contributed by atoms with Crippen LogP contribution in [-0.4, -0.2) is 30.7 Å². The molecule has 2 amide bonds. The third-order valence-corrected chi connectivity index (χ3v) is 3.07. The molecule has 1 heterocycles. The van der Waals surface area contributed by atoms with Crippen LogP contribution in [0, 0.1) is 0 Å². The van der Waals surface area contributed by atoms with Gasteiger partial charge in [-0.25, -0.2) is 4.79 Å². The number of fused-ring (bicyclic) bond motifs is 1. The van der Waals surface area contributed by atoms with Crippen molar-refractivity contribution in [2.45, 2.75) is 32.9 Å². The number of alkyl carbamates (subject to hydrolysis) is 1. The molecule has 0 aromatic heterocycles. The lowest BCUT2D eigenvalue weighted by atomic mass is 10.1. The van der Waals surface area contributed by atoms with E-state index in [4.69, 9.17) is 10.5 Å². The van der Waals surface area contributed by atoms with Crippen molar-refractivity contribution in [1.29, 1.82) is 0 Å². The Morgan fingerprint density at radius 1 is 1.36 bits per heavy atom. The van der Waals surface area contributed by atoms with E-state index >= 15 is 0 Å². The van der Waals surface area contributed by atoms with Crippen LogP contribution in [0.4, 0.5) is 16.2 Å². The Morgan fingerprint density at radius 2 is 2.09 bits per heavy atom. The Morgan fingerprint density at radius 3 is 2.77 bits per heavy atom. The van der Waals surface area contributed by atoms with Gasteiger partial charge in [-0.2, -0.15) is 0 Å². The molecule has 0 saturated heterocycles. The van der Waals surface area contributed by atoms with Gasteiger partial charge < -0.3 is 26.4 Å². The van der Waals surface area contributed by atoms with Crippen LogP contribution in [0.5, 0.6) is 0 Å². The number of amides is 2. The Labute approximate surface area is 129 Å². The first kappa shape index (κ1) is 15.9. The van der Waals surface area contributed by atoms with Gasteiger partial charge >= 0.3 is 6.09 Å². The number of carbonyl (C=O) groups excluding carboxylic acids is 2. The van der Waals surface area contributed by atoms with Gasteiger partial charge in [0.25, 0.3) is 5.91 Å². The van der Waals surface area contributed by atoms with Crippen molar-refractivity contribution in [3.8, 4) is 0 Å². The second-order valence-electron chi connectivity index (χ2n) is 6.13. The van der Waals surface area contributed by atoms with Gasteiger partial charge in [0.15, 0.2) is 0 Å². The predicted molar refractivity (Wildman–Crippen MR) is 84.8 cm³/mol. The van der Waals surface area contributed by atoms with E-state index in [-0.39, 0.29) is 5.91 Å². The van der Waals surface area contributed by atoms with Gasteiger partial charge in [-0.1, -0.05) is 0 Å². The van der Waals surface area contributed by atoms with Crippen molar-refractivity contribution in [3.63, 3.8) is 0 Å². The van der Waals surface area contributed by atoms with E-state index in [0.29, 0.717) is 30.9 Å². The summed E-state index contributed by atoms with van der Waals surface area (Å²) in [5.41, 5.74) is 8.21. The first-order valence-electron chi connectivity index (χ1n) is 7.17. The third kappa shape index (κ3) is 4.03. The molecule has 0 bridgehead atoms. The normalized spacial score (nSPS) is 13.3. The minimum absolute atomic E-state index is 0.0974. The summed E-state index contributed by atoms with van der Waals surface area (Å²) in [5.74, 6) is -0.0974. The molecule has 5 N–H and O–H groups in total. The van der Waals surface area contributed by atoms with E-state index in [0.717, 1.165) is 11.3 Å². The maximum Gasteiger partial charge on any atom is 0.407 e. The summed E-state index contributed by atoms with van der Waals surface area (Å²) >= 11 is 0. The molecule has 2 rings (SSSR count). The average Bonchev–Trinajstić information content (AvgIpc) is 2.74. The number of hydrogen-bond acceptors (Lipinski definition) is 5. The largest absolute Gasteiger partial charge is 0.444 e. The van der Waals surface area contributed by atoms with Crippen LogP contribution in [0.15, 0.2) is 12.1 Å². The number of ether oxygens (including phenoxy) is 1. The van der Waals surface area contributed by atoms with Crippen LogP contribution in [-0.2, 0) is 11.3 Å². The topological polar surface area (TPSA) is 105 Å². The zero-order valence-electron chi connectivity index (χ0n) is 13.1. The summed E-state index contributed by atoms with van der Waals surface area (Å²) in [4.78, 5) is 23.0. The SMILES string of the molecule is CC(C)(C)OC(=O)NCCNc1cc2c(cc1N)C(=O)NC2. The van der Waals surface area contributed by atoms with Crippen LogP contribution in [0.25, 0.3) is 0 Å². The number of benzene rings is 1. The summed E-state index contributed by atoms with van der Waals surface area (Å²) in [5, 5.41) is 8.55. The molecule has 0 radical (unpaired) electrons. The number of rotatable bonds is 4. The maximum atomic E-state index is 11.5. The fourth-order valence-corrected chi connectivity index (χ4v) is 2.12. The van der Waals surface area contributed by atoms with Crippen LogP contribution in [0.3, 0.4) is 0 Å². The minimum Gasteiger partial charge on any atom is -0.444 e. The standard InChI is InChI=1S/C15H22N4O3/c1-15(2,3)22-14(21)18-5-4-17-12-6-9-8-19-13(20)10(9)7-11(12)16/h6-7,17H,4-5,8,16H2,1-3H3,(H,18,21)(H,19,20). The van der Waals surface area contributed by atoms with E-state index in [9.17, 15) is 9.59 Å². The molecule has 0 aliphatic carbocycles. The lowest BCUT2D eigenvalue weighted by molar-refractivity contribution is 0.0530. The van der Waals surface area contributed by atoms with Gasteiger partial charge in [-0.05, 0) is 38.5 Å². The molecule has 0 saturated carbocycles. The van der Waals surface area contributed by atoms with Gasteiger partial charge in [0.05, 0.1) is 11.4 Å². The highest BCUT2D eigenvalue weighted by molar-refractivity contribution is 6.00. The molecule has 7 heteroatoms. The molecule has 0 fully saturated rings. The summed E-state index contributed by atoms with van der Waals surface area (Å²) in [6.45, 7) is 6.85. The van der Waals surface area contributed by atoms with Crippen molar-refractivity contribution in [1.82, 2.24) is 10.6 Å². The molecule has 120 valence electrons. The van der Waals surface area contributed by atoms with E-state index in [1.165, 1.54) is 0 Å². The smallest absolute Gasteiger partial charge is 0.407 e. The summed E-state index contributed by atoms with van der Waals surface area (Å²) < 4.78 is 5.14. The van der Waals surface area contributed by atoms with Gasteiger partial charge in [0, 0.05) is 25.2 Å². The number of carbonyl (C=O) groups is 2. The molecule has 1 aliphatic rings. The van der Waals surface area contributed by atoms with Gasteiger partial charge in [0.2, 0.25) is 0 Å². The van der Waals surface area contributed by atoms with Crippen LogP contribution in [0.2, 0.25) is 0 Å². The van der Waals surface area contributed by atoms with Crippen molar-refractivity contribution in [3.05, 3.63) is 23.3 Å². The molecule has 22 heavy (non-hydrogen) atoms. The molecule has 1 aliphatic heterocycles. The highest BCUT2D eigenvalue weighted by atomic mass is 16.6. The molecule has 0 atom stereocenters. The summed E-state index contributed by atoms with van der Waals surface area (Å²) in [7, 11) is 0. The number of anilines is 2. The van der Waals surface area contributed by atoms with Gasteiger partial charge in [-0.15, -0.1) is 0 Å². The highest BCUT2D eigenvalue weighted by Crippen LogP contribution is 2.26. The molecule has 0 spiro atoms. The molecule has 1 aromatic carbocycles. The van der Waals surface area contributed by atoms with Crippen molar-refractivity contribution < 1.29 is 14.3 Å². The van der Waals surface area contributed by atoms with Crippen molar-refractivity contribution in [2.75, 3.05) is 24.1 Å². The Kier molecular flexibility index (Phi) is 4.44. The zero-order chi connectivity index (χ0) is 16.3. The molecular formula is C15H22N4O3. The average molecular weight is 306 g/mol. The fraction of sp³-hybridized carbons (Fsp3) is 0.467. The summed E-state index contributed by atoms with van der Waals surface area (Å²) in [6.07, 6.45) is -0.453. The zero-order valence-corrected chi connectivity index (χ0v) is 13.1. The molecular weight excluding hydrogens is 284 g/mol. The predicted octanol–water partition coefficient (Wildman–Crippen LogP) is 1.45. The van der Waals surface area contributed by atoms with Crippen LogP contribution in [0.1, 0.15) is 36.7 Å². The first-order valence-corrected chi connectivity index (χ1v) is 7.17. The molecule has 7 nitrogen and oxygen atoms in total. The molecule has 1 aromatic rings. The van der Waals surface area contributed by atoms with Crippen molar-refractivity contribution in [2.24, 2.45) is 0 Å². The monoisotopic (exact) mass is 306 g/mol. The quantitative estimate of drug-likeness (QED) is 0.498. The lowest BCUT2D eigenvalue weighted by Crippen LogP contribution is -2.35. The van der Waals surface area contributed by atoms with E-state index in [1.54, 1.807) is 6.07 Å². The number of nitrogens with two attached hydrogens (primary N) is 1. The van der Waals surface area contributed by atoms with Crippen molar-refractivity contribution >= 4 is 23.4 Å². The number of nitrogens with one attached hydrogen (secondary N) is 3. The second kappa shape index (κ2) is 6.13. The maximum absolute atomic E-state index is 11.5. The minimum atomic E-state index is -0.512. The van der Waals surface area contributed by atoms with Gasteiger partial charge in [0.1, 0.15) is 5.60 Å². The first-order chi connectivity index (χ1) is 10.3. The van der Waals surface area contributed by atoms with E-state index in [2.05, 4.69) is 16.0 Å². The Balaban J connectivity index is 1.83. The van der Waals surface area contributed by atoms with Crippen LogP contribution >= 0.6 is 0 Å². The molecule has 0 unspecified atom stereocenters. The second-order valence-corrected chi connectivity index (χ2v) is 6.13. The van der Waals surface area contributed by atoms with E-state index in [1.807, 2.05) is 26.8 Å².